The van der Waals surface area contributed by atoms with Crippen LogP contribution >= 0.6 is 12.2 Å². The van der Waals surface area contributed by atoms with E-state index in [0.29, 0.717) is 29.6 Å². The summed E-state index contributed by atoms with van der Waals surface area (Å²) < 4.78 is 10.9. The molecule has 7 heteroatoms. The second-order valence-electron chi connectivity index (χ2n) is 7.82. The number of para-hydroxylation sites is 1. The normalized spacial score (nSPS) is 17.1. The Morgan fingerprint density at radius 2 is 1.53 bits per heavy atom. The summed E-state index contributed by atoms with van der Waals surface area (Å²) >= 11 is 5.73. The highest BCUT2D eigenvalue weighted by Crippen LogP contribution is 2.38. The molecule has 2 aliphatic rings. The van der Waals surface area contributed by atoms with E-state index < -0.39 is 0 Å². The number of benzene rings is 3. The van der Waals surface area contributed by atoms with Crippen LogP contribution in [0.25, 0.3) is 0 Å². The zero-order chi connectivity index (χ0) is 22.2. The van der Waals surface area contributed by atoms with Crippen molar-refractivity contribution in [3.8, 4) is 11.5 Å². The quantitative estimate of drug-likeness (QED) is 0.584. The van der Waals surface area contributed by atoms with Gasteiger partial charge in [-0.2, -0.15) is 0 Å². The number of carbonyl (C=O) groups excluding carboxylic acids is 1. The summed E-state index contributed by atoms with van der Waals surface area (Å²) in [6.07, 6.45) is 0.582. The third kappa shape index (κ3) is 3.44. The summed E-state index contributed by atoms with van der Waals surface area (Å²) in [6, 6.07) is 21.4. The van der Waals surface area contributed by atoms with Crippen molar-refractivity contribution in [2.75, 3.05) is 24.4 Å². The molecule has 6 nitrogen and oxygen atoms in total. The third-order valence-electron chi connectivity index (χ3n) is 5.97. The Hall–Kier alpha value is -3.58. The highest BCUT2D eigenvalue weighted by Gasteiger charge is 2.45. The van der Waals surface area contributed by atoms with E-state index in [2.05, 4.69) is 5.32 Å². The van der Waals surface area contributed by atoms with Gasteiger partial charge in [-0.3, -0.25) is 9.69 Å². The van der Waals surface area contributed by atoms with E-state index in [1.54, 1.807) is 19.1 Å². The number of thiocarbonyl (C=S) groups is 1. The number of hydrogen-bond acceptors (Lipinski definition) is 5. The van der Waals surface area contributed by atoms with Crippen LogP contribution in [-0.2, 0) is 17.8 Å². The van der Waals surface area contributed by atoms with Crippen LogP contribution in [0.15, 0.2) is 66.7 Å². The number of carbonyl (C=O) groups is 1. The highest BCUT2D eigenvalue weighted by atomic mass is 32.1. The minimum Gasteiger partial charge on any atom is -0.493 e. The number of methoxy groups -OCH3 is 2. The van der Waals surface area contributed by atoms with E-state index in [-0.39, 0.29) is 11.9 Å². The summed E-state index contributed by atoms with van der Waals surface area (Å²) in [6.45, 7) is 0.565. The molecule has 1 unspecified atom stereocenters. The Kier molecular flexibility index (Phi) is 5.19. The van der Waals surface area contributed by atoms with Crippen LogP contribution in [0.3, 0.4) is 0 Å². The van der Waals surface area contributed by atoms with Crippen LogP contribution in [0.2, 0.25) is 0 Å². The van der Waals surface area contributed by atoms with Crippen LogP contribution in [0.5, 0.6) is 11.5 Å². The van der Waals surface area contributed by atoms with Gasteiger partial charge in [-0.15, -0.1) is 0 Å². The summed E-state index contributed by atoms with van der Waals surface area (Å²) in [5.41, 5.74) is 4.91. The zero-order valence-corrected chi connectivity index (χ0v) is 18.7. The Morgan fingerprint density at radius 3 is 2.19 bits per heavy atom. The molecule has 0 bridgehead atoms. The van der Waals surface area contributed by atoms with Crippen molar-refractivity contribution in [3.05, 3.63) is 77.9 Å². The number of fused-ring (bicyclic) bond motifs is 2. The van der Waals surface area contributed by atoms with Gasteiger partial charge in [0.2, 0.25) is 0 Å². The van der Waals surface area contributed by atoms with Crippen LogP contribution in [0.1, 0.15) is 11.1 Å². The second kappa shape index (κ2) is 8.16. The molecule has 1 N–H and O–H groups in total. The maximum atomic E-state index is 13.3. The fraction of sp³-hybridized carbons (Fsp3) is 0.200. The molecule has 1 fully saturated rings. The van der Waals surface area contributed by atoms with Gasteiger partial charge in [0.05, 0.1) is 19.9 Å². The molecule has 0 radical (unpaired) electrons. The molecule has 1 atom stereocenters. The average Bonchev–Trinajstić information content (AvgIpc) is 3.07. The summed E-state index contributed by atoms with van der Waals surface area (Å²) in [7, 11) is 3.24. The van der Waals surface area contributed by atoms with Gasteiger partial charge in [0.15, 0.2) is 16.6 Å². The number of nitrogens with one attached hydrogen (secondary N) is 1. The van der Waals surface area contributed by atoms with Crippen molar-refractivity contribution in [2.45, 2.75) is 19.0 Å². The molecule has 1 amide bonds. The lowest BCUT2D eigenvalue weighted by Crippen LogP contribution is -2.40. The van der Waals surface area contributed by atoms with Crippen molar-refractivity contribution < 1.29 is 14.3 Å². The van der Waals surface area contributed by atoms with Gasteiger partial charge >= 0.3 is 0 Å². The molecule has 2 heterocycles. The van der Waals surface area contributed by atoms with Crippen LogP contribution < -0.4 is 19.7 Å². The molecule has 5 rings (SSSR count). The van der Waals surface area contributed by atoms with Crippen LogP contribution in [0.4, 0.5) is 17.1 Å². The van der Waals surface area contributed by atoms with E-state index in [0.717, 1.165) is 28.2 Å². The first kappa shape index (κ1) is 20.3. The lowest BCUT2D eigenvalue weighted by Gasteiger charge is -2.31. The first-order chi connectivity index (χ1) is 15.6. The van der Waals surface area contributed by atoms with Gasteiger partial charge in [-0.05, 0) is 71.9 Å². The molecule has 0 saturated carbocycles. The van der Waals surface area contributed by atoms with Crippen molar-refractivity contribution >= 4 is 40.3 Å². The van der Waals surface area contributed by atoms with Crippen molar-refractivity contribution in [1.29, 1.82) is 0 Å². The third-order valence-corrected chi connectivity index (χ3v) is 6.38. The fourth-order valence-electron chi connectivity index (χ4n) is 4.33. The van der Waals surface area contributed by atoms with Crippen molar-refractivity contribution in [3.63, 3.8) is 0 Å². The Labute approximate surface area is 192 Å². The van der Waals surface area contributed by atoms with E-state index in [1.807, 2.05) is 71.6 Å². The number of anilines is 3. The summed E-state index contributed by atoms with van der Waals surface area (Å²) in [5.74, 6) is 1.35. The van der Waals surface area contributed by atoms with Gasteiger partial charge < -0.3 is 19.7 Å². The lowest BCUT2D eigenvalue weighted by atomic mass is 9.94. The lowest BCUT2D eigenvalue weighted by molar-refractivity contribution is -0.119. The topological polar surface area (TPSA) is 54.0 Å². The Balaban J connectivity index is 1.39. The van der Waals surface area contributed by atoms with Crippen molar-refractivity contribution in [1.82, 2.24) is 4.90 Å². The maximum absolute atomic E-state index is 13.3. The number of nitrogens with zero attached hydrogens (tertiary/aromatic N) is 2. The molecule has 3 aromatic carbocycles. The van der Waals surface area contributed by atoms with Gasteiger partial charge in [0, 0.05) is 24.3 Å². The maximum Gasteiger partial charge on any atom is 0.256 e. The SMILES string of the molecule is COc1cc2c(cc1OC)CN1C(=S)N(c3ccc(Nc4ccccc4)cc3)C(=O)C1C2. The molecular weight excluding hydrogens is 422 g/mol. The van der Waals surface area contributed by atoms with E-state index >= 15 is 0 Å². The Bertz CT molecular complexity index is 1130. The Morgan fingerprint density at radius 1 is 0.906 bits per heavy atom. The van der Waals surface area contributed by atoms with Crippen LogP contribution in [-0.4, -0.2) is 36.2 Å². The molecule has 3 aromatic rings. The molecular formula is C25H23N3O3S. The number of amides is 1. The smallest absolute Gasteiger partial charge is 0.256 e. The summed E-state index contributed by atoms with van der Waals surface area (Å²) in [4.78, 5) is 17.0. The molecule has 0 aromatic heterocycles. The average molecular weight is 446 g/mol. The zero-order valence-electron chi connectivity index (χ0n) is 17.9. The highest BCUT2D eigenvalue weighted by molar-refractivity contribution is 7.80. The summed E-state index contributed by atoms with van der Waals surface area (Å²) in [5, 5.41) is 3.89. The monoisotopic (exact) mass is 445 g/mol. The van der Waals surface area contributed by atoms with E-state index in [9.17, 15) is 4.79 Å². The first-order valence-electron chi connectivity index (χ1n) is 10.4. The van der Waals surface area contributed by atoms with Gasteiger partial charge in [0.1, 0.15) is 6.04 Å². The van der Waals surface area contributed by atoms with Gasteiger partial charge in [-0.25, -0.2) is 0 Å². The molecule has 1 saturated heterocycles. The molecule has 162 valence electrons. The van der Waals surface area contributed by atoms with Gasteiger partial charge in [0.25, 0.3) is 5.91 Å². The molecule has 2 aliphatic heterocycles. The van der Waals surface area contributed by atoms with Crippen molar-refractivity contribution in [2.24, 2.45) is 0 Å². The van der Waals surface area contributed by atoms with Gasteiger partial charge in [-0.1, -0.05) is 18.2 Å². The standard InChI is InChI=1S/C25H23N3O3S/c1-30-22-13-16-12-21-24(29)28(25(32)27(21)15-17(16)14-23(22)31-2)20-10-8-19(9-11-20)26-18-6-4-3-5-7-18/h3-11,13-14,21,26H,12,15H2,1-2H3. The molecule has 0 spiro atoms. The van der Waals surface area contributed by atoms with E-state index in [4.69, 9.17) is 21.7 Å². The first-order valence-corrected chi connectivity index (χ1v) is 10.8. The molecule has 0 aliphatic carbocycles. The minimum atomic E-state index is -0.310. The fourth-order valence-corrected chi connectivity index (χ4v) is 4.71. The van der Waals surface area contributed by atoms with E-state index in [1.165, 1.54) is 0 Å². The number of rotatable bonds is 5. The van der Waals surface area contributed by atoms with Crippen LogP contribution in [0, 0.1) is 0 Å². The molecule has 32 heavy (non-hydrogen) atoms. The minimum absolute atomic E-state index is 0.000738. The number of hydrogen-bond donors (Lipinski definition) is 1. The largest absolute Gasteiger partial charge is 0.493 e. The number of ether oxygens (including phenoxy) is 2. The second-order valence-corrected chi connectivity index (χ2v) is 8.18. The predicted molar refractivity (Wildman–Crippen MR) is 129 cm³/mol. The predicted octanol–water partition coefficient (Wildman–Crippen LogP) is 4.51.